The molecule has 2 fully saturated rings. The Morgan fingerprint density at radius 3 is 2.76 bits per heavy atom. The van der Waals surface area contributed by atoms with Crippen LogP contribution in [-0.2, 0) is 14.8 Å². The van der Waals surface area contributed by atoms with Crippen LogP contribution >= 0.6 is 11.6 Å². The van der Waals surface area contributed by atoms with Gasteiger partial charge in [-0.05, 0) is 37.0 Å². The smallest absolute Gasteiger partial charge is 0.253 e. The van der Waals surface area contributed by atoms with Crippen LogP contribution in [0.3, 0.4) is 0 Å². The van der Waals surface area contributed by atoms with Crippen LogP contribution in [0.25, 0.3) is 0 Å². The molecule has 2 saturated heterocycles. The fraction of sp³-hybridized carbons (Fsp3) is 0.500. The van der Waals surface area contributed by atoms with E-state index in [9.17, 15) is 23.1 Å². The second-order valence-corrected chi connectivity index (χ2v) is 8.68. The number of nitrogens with zero attached hydrogens (tertiary/aromatic N) is 2. The zero-order valence-corrected chi connectivity index (χ0v) is 15.1. The highest BCUT2D eigenvalue weighted by atomic mass is 35.5. The van der Waals surface area contributed by atoms with Gasteiger partial charge in [0.2, 0.25) is 15.9 Å². The summed E-state index contributed by atoms with van der Waals surface area (Å²) in [4.78, 5) is 26.3. The van der Waals surface area contributed by atoms with Crippen molar-refractivity contribution in [3.05, 3.63) is 28.8 Å². The van der Waals surface area contributed by atoms with E-state index in [4.69, 9.17) is 11.6 Å². The number of carbonyl (C=O) groups is 2. The normalized spacial score (nSPS) is 23.1. The average molecular weight is 387 g/mol. The van der Waals surface area contributed by atoms with Gasteiger partial charge in [-0.15, -0.1) is 0 Å². The van der Waals surface area contributed by atoms with Crippen molar-refractivity contribution in [2.75, 3.05) is 29.8 Å². The first-order valence-corrected chi connectivity index (χ1v) is 10.1. The van der Waals surface area contributed by atoms with Crippen LogP contribution in [0.15, 0.2) is 18.2 Å². The molecule has 0 aromatic heterocycles. The third kappa shape index (κ3) is 3.51. The Bertz CT molecular complexity index is 811. The maximum absolute atomic E-state index is 12.7. The van der Waals surface area contributed by atoms with Gasteiger partial charge in [-0.2, -0.15) is 0 Å². The molecule has 7 nitrogen and oxygen atoms in total. The van der Waals surface area contributed by atoms with Crippen molar-refractivity contribution >= 4 is 39.1 Å². The zero-order chi connectivity index (χ0) is 18.2. The number of anilines is 1. The molecule has 2 heterocycles. The summed E-state index contributed by atoms with van der Waals surface area (Å²) < 4.78 is 24.9. The molecular weight excluding hydrogens is 368 g/mol. The monoisotopic (exact) mass is 386 g/mol. The quantitative estimate of drug-likeness (QED) is 0.843. The summed E-state index contributed by atoms with van der Waals surface area (Å²) in [5, 5.41) is 9.41. The van der Waals surface area contributed by atoms with Gasteiger partial charge in [0.05, 0.1) is 16.5 Å². The number of hydrogen-bond acceptors (Lipinski definition) is 5. The van der Waals surface area contributed by atoms with Crippen molar-refractivity contribution in [1.29, 1.82) is 0 Å². The fourth-order valence-corrected chi connectivity index (χ4v) is 4.95. The predicted molar refractivity (Wildman–Crippen MR) is 93.1 cm³/mol. The van der Waals surface area contributed by atoms with Crippen LogP contribution in [0.5, 0.6) is 0 Å². The summed E-state index contributed by atoms with van der Waals surface area (Å²) in [7, 11) is -3.75. The third-order valence-corrected chi connectivity index (χ3v) is 6.55. The van der Waals surface area contributed by atoms with E-state index >= 15 is 0 Å². The molecular formula is C16H19ClN2O5S. The summed E-state index contributed by atoms with van der Waals surface area (Å²) in [6.07, 6.45) is 1.57. The molecule has 136 valence electrons. The summed E-state index contributed by atoms with van der Waals surface area (Å²) >= 11 is 6.09. The Morgan fingerprint density at radius 2 is 2.12 bits per heavy atom. The summed E-state index contributed by atoms with van der Waals surface area (Å²) in [6, 6.07) is 4.30. The molecule has 0 spiro atoms. The van der Waals surface area contributed by atoms with Crippen LogP contribution in [0, 0.1) is 5.92 Å². The van der Waals surface area contributed by atoms with E-state index in [2.05, 4.69) is 0 Å². The van der Waals surface area contributed by atoms with Gasteiger partial charge in [-0.1, -0.05) is 11.6 Å². The lowest BCUT2D eigenvalue weighted by atomic mass is 9.98. The molecule has 0 aliphatic carbocycles. The van der Waals surface area contributed by atoms with Crippen LogP contribution in [0.2, 0.25) is 5.02 Å². The Morgan fingerprint density at radius 1 is 1.36 bits per heavy atom. The van der Waals surface area contributed by atoms with E-state index < -0.39 is 15.9 Å². The minimum atomic E-state index is -3.75. The van der Waals surface area contributed by atoms with Gasteiger partial charge in [-0.3, -0.25) is 9.59 Å². The predicted octanol–water partition coefficient (Wildman–Crippen LogP) is 1.25. The van der Waals surface area contributed by atoms with Gasteiger partial charge in [-0.25, -0.2) is 12.7 Å². The maximum Gasteiger partial charge on any atom is 0.253 e. The molecule has 2 aliphatic rings. The van der Waals surface area contributed by atoms with Crippen LogP contribution in [0.1, 0.15) is 29.6 Å². The second kappa shape index (κ2) is 6.93. The van der Waals surface area contributed by atoms with Crippen molar-refractivity contribution in [1.82, 2.24) is 4.90 Å². The van der Waals surface area contributed by atoms with Crippen molar-refractivity contribution in [3.8, 4) is 0 Å². The van der Waals surface area contributed by atoms with Gasteiger partial charge in [0, 0.05) is 31.7 Å². The Labute approximate surface area is 151 Å². The van der Waals surface area contributed by atoms with E-state index in [0.29, 0.717) is 17.4 Å². The van der Waals surface area contributed by atoms with Crippen molar-refractivity contribution in [2.24, 2.45) is 5.92 Å². The molecule has 3 rings (SSSR count). The Kier molecular flexibility index (Phi) is 5.04. The number of piperidine rings is 1. The molecule has 1 unspecified atom stereocenters. The SMILES string of the molecule is O=C(c1ccc(Cl)c(N2C(=O)CCS2(=O)=O)c1)N1CCCC(CO)C1. The summed E-state index contributed by atoms with van der Waals surface area (Å²) in [6.45, 7) is 1.05. The van der Waals surface area contributed by atoms with Crippen LogP contribution in [0.4, 0.5) is 5.69 Å². The van der Waals surface area contributed by atoms with Gasteiger partial charge < -0.3 is 10.0 Å². The van der Waals surface area contributed by atoms with E-state index in [0.717, 1.165) is 12.8 Å². The second-order valence-electron chi connectivity index (χ2n) is 6.33. The molecule has 2 amide bonds. The number of aliphatic hydroxyl groups is 1. The first-order chi connectivity index (χ1) is 11.8. The lowest BCUT2D eigenvalue weighted by Crippen LogP contribution is -2.41. The summed E-state index contributed by atoms with van der Waals surface area (Å²) in [5.41, 5.74) is 0.290. The number of sulfonamides is 1. The maximum atomic E-state index is 12.7. The van der Waals surface area contributed by atoms with Crippen molar-refractivity contribution < 1.29 is 23.1 Å². The minimum Gasteiger partial charge on any atom is -0.396 e. The molecule has 0 bridgehead atoms. The van der Waals surface area contributed by atoms with E-state index in [1.165, 1.54) is 18.2 Å². The highest BCUT2D eigenvalue weighted by Gasteiger charge is 2.38. The molecule has 0 radical (unpaired) electrons. The molecule has 0 saturated carbocycles. The number of likely N-dealkylation sites (tertiary alicyclic amines) is 1. The average Bonchev–Trinajstić information content (AvgIpc) is 2.88. The molecule has 1 N–H and O–H groups in total. The summed E-state index contributed by atoms with van der Waals surface area (Å²) in [5.74, 6) is -1.03. The minimum absolute atomic E-state index is 0.0192. The number of halogens is 1. The molecule has 1 atom stereocenters. The van der Waals surface area contributed by atoms with Gasteiger partial charge >= 0.3 is 0 Å². The number of benzene rings is 1. The standard InChI is InChI=1S/C16H19ClN2O5S/c17-13-4-3-12(16(22)18-6-1-2-11(9-18)10-20)8-14(13)19-15(21)5-7-25(19,23)24/h3-4,8,11,20H,1-2,5-7,9-10H2. The van der Waals surface area contributed by atoms with Crippen molar-refractivity contribution in [2.45, 2.75) is 19.3 Å². The number of aliphatic hydroxyl groups excluding tert-OH is 1. The van der Waals surface area contributed by atoms with E-state index in [-0.39, 0.29) is 46.9 Å². The zero-order valence-electron chi connectivity index (χ0n) is 13.5. The van der Waals surface area contributed by atoms with Crippen molar-refractivity contribution in [3.63, 3.8) is 0 Å². The lowest BCUT2D eigenvalue weighted by molar-refractivity contribution is -0.116. The first-order valence-electron chi connectivity index (χ1n) is 8.09. The van der Waals surface area contributed by atoms with Gasteiger partial charge in [0.15, 0.2) is 0 Å². The Balaban J connectivity index is 1.92. The largest absolute Gasteiger partial charge is 0.396 e. The number of rotatable bonds is 3. The van der Waals surface area contributed by atoms with Gasteiger partial charge in [0.25, 0.3) is 5.91 Å². The number of carbonyl (C=O) groups excluding carboxylic acids is 2. The van der Waals surface area contributed by atoms with E-state index in [1.54, 1.807) is 4.90 Å². The first kappa shape index (κ1) is 18.2. The van der Waals surface area contributed by atoms with Crippen LogP contribution < -0.4 is 4.31 Å². The van der Waals surface area contributed by atoms with Crippen LogP contribution in [-0.4, -0.2) is 55.7 Å². The fourth-order valence-electron chi connectivity index (χ4n) is 3.23. The van der Waals surface area contributed by atoms with Gasteiger partial charge in [0.1, 0.15) is 0 Å². The molecule has 25 heavy (non-hydrogen) atoms. The Hall–Kier alpha value is -1.64. The van der Waals surface area contributed by atoms with E-state index in [1.807, 2.05) is 0 Å². The molecule has 1 aromatic rings. The topological polar surface area (TPSA) is 95.0 Å². The number of hydrogen-bond donors (Lipinski definition) is 1. The third-order valence-electron chi connectivity index (χ3n) is 4.55. The molecule has 2 aliphatic heterocycles. The molecule has 9 heteroatoms. The highest BCUT2D eigenvalue weighted by Crippen LogP contribution is 2.33. The lowest BCUT2D eigenvalue weighted by Gasteiger charge is -2.32. The molecule has 1 aromatic carbocycles. The number of amides is 2. The highest BCUT2D eigenvalue weighted by molar-refractivity contribution is 7.94.